The Labute approximate surface area is 94.1 Å². The second kappa shape index (κ2) is 4.22. The van der Waals surface area contributed by atoms with Crippen LogP contribution in [0.5, 0.6) is 0 Å². The van der Waals surface area contributed by atoms with Crippen LogP contribution in [0.25, 0.3) is 0 Å². The van der Waals surface area contributed by atoms with Crippen LogP contribution < -0.4 is 11.1 Å². The van der Waals surface area contributed by atoms with E-state index in [1.807, 2.05) is 26.1 Å². The number of aromatic nitrogens is 3. The number of aromatic amines is 1. The van der Waals surface area contributed by atoms with E-state index in [0.29, 0.717) is 0 Å². The average Bonchev–Trinajstić information content (AvgIpc) is 2.77. The lowest BCUT2D eigenvalue weighted by Crippen LogP contribution is -2.07. The summed E-state index contributed by atoms with van der Waals surface area (Å²) in [6, 6.07) is 1.99. The maximum Gasteiger partial charge on any atom is 0.128 e. The van der Waals surface area contributed by atoms with E-state index in [0.717, 1.165) is 22.6 Å². The molecule has 2 aromatic rings. The first-order valence-corrected chi connectivity index (χ1v) is 5.14. The molecule has 0 amide bonds. The van der Waals surface area contributed by atoms with Crippen LogP contribution in [0.4, 0.5) is 11.5 Å². The highest BCUT2D eigenvalue weighted by atomic mass is 15.1. The molecule has 5 heteroatoms. The normalized spacial score (nSPS) is 12.4. The summed E-state index contributed by atoms with van der Waals surface area (Å²) in [6.07, 6.45) is 5.41. The van der Waals surface area contributed by atoms with Crippen LogP contribution >= 0.6 is 0 Å². The van der Waals surface area contributed by atoms with E-state index in [-0.39, 0.29) is 6.04 Å². The number of nitrogens with two attached hydrogens (primary N) is 1. The third kappa shape index (κ3) is 2.13. The Morgan fingerprint density at radius 1 is 1.44 bits per heavy atom. The molecule has 0 aliphatic carbocycles. The lowest BCUT2D eigenvalue weighted by atomic mass is 10.2. The number of nitrogen functional groups attached to an aromatic ring is 1. The Kier molecular flexibility index (Phi) is 2.76. The number of anilines is 2. The summed E-state index contributed by atoms with van der Waals surface area (Å²) >= 11 is 0. The molecule has 0 aromatic carbocycles. The Morgan fingerprint density at radius 3 is 2.88 bits per heavy atom. The summed E-state index contributed by atoms with van der Waals surface area (Å²) in [7, 11) is 0. The molecule has 0 saturated carbocycles. The van der Waals surface area contributed by atoms with Gasteiger partial charge in [0.2, 0.25) is 0 Å². The first-order chi connectivity index (χ1) is 7.66. The summed E-state index contributed by atoms with van der Waals surface area (Å²) in [6.45, 7) is 3.98. The first kappa shape index (κ1) is 10.5. The van der Waals surface area contributed by atoms with Gasteiger partial charge in [0.15, 0.2) is 0 Å². The van der Waals surface area contributed by atoms with E-state index in [2.05, 4.69) is 20.5 Å². The Bertz CT molecular complexity index is 463. The predicted molar refractivity (Wildman–Crippen MR) is 64.0 cm³/mol. The molecule has 2 heterocycles. The molecular formula is C11H15N5. The van der Waals surface area contributed by atoms with Crippen molar-refractivity contribution >= 4 is 11.5 Å². The van der Waals surface area contributed by atoms with Gasteiger partial charge in [0.05, 0.1) is 12.2 Å². The fraction of sp³-hybridized carbons (Fsp3) is 0.273. The van der Waals surface area contributed by atoms with Gasteiger partial charge in [0, 0.05) is 29.7 Å². The third-order valence-electron chi connectivity index (χ3n) is 2.53. The fourth-order valence-electron chi connectivity index (χ4n) is 1.42. The molecule has 1 unspecified atom stereocenters. The Balaban J connectivity index is 2.12. The molecule has 2 rings (SSSR count). The van der Waals surface area contributed by atoms with Crippen LogP contribution in [0, 0.1) is 6.92 Å². The molecule has 1 atom stereocenters. The van der Waals surface area contributed by atoms with Gasteiger partial charge in [0.25, 0.3) is 0 Å². The number of hydrogen-bond donors (Lipinski definition) is 3. The van der Waals surface area contributed by atoms with Crippen molar-refractivity contribution in [2.75, 3.05) is 11.1 Å². The maximum absolute atomic E-state index is 5.82. The summed E-state index contributed by atoms with van der Waals surface area (Å²) < 4.78 is 0. The van der Waals surface area contributed by atoms with Gasteiger partial charge in [0.1, 0.15) is 5.82 Å². The van der Waals surface area contributed by atoms with E-state index in [4.69, 9.17) is 5.73 Å². The zero-order chi connectivity index (χ0) is 11.5. The van der Waals surface area contributed by atoms with Crippen LogP contribution in [0.1, 0.15) is 24.1 Å². The second-order valence-corrected chi connectivity index (χ2v) is 3.82. The van der Waals surface area contributed by atoms with Gasteiger partial charge in [-0.3, -0.25) is 5.10 Å². The van der Waals surface area contributed by atoms with Gasteiger partial charge in [-0.05, 0) is 19.4 Å². The number of nitrogens with one attached hydrogen (secondary N) is 2. The standard InChI is InChI=1S/C11H15N5/c1-7-4-13-11(3-10(7)12)16-8(2)9-5-14-15-6-9/h3-6,8H,1-2H3,(H,14,15)(H3,12,13,16). The van der Waals surface area contributed by atoms with E-state index >= 15 is 0 Å². The molecule has 0 spiro atoms. The Morgan fingerprint density at radius 2 is 2.25 bits per heavy atom. The number of rotatable bonds is 3. The van der Waals surface area contributed by atoms with Crippen molar-refractivity contribution in [3.8, 4) is 0 Å². The highest BCUT2D eigenvalue weighted by Gasteiger charge is 2.07. The van der Waals surface area contributed by atoms with E-state index in [9.17, 15) is 0 Å². The van der Waals surface area contributed by atoms with Gasteiger partial charge in [-0.25, -0.2) is 4.98 Å². The number of nitrogens with zero attached hydrogens (tertiary/aromatic N) is 2. The van der Waals surface area contributed by atoms with Crippen molar-refractivity contribution < 1.29 is 0 Å². The largest absolute Gasteiger partial charge is 0.398 e. The minimum atomic E-state index is 0.147. The lowest BCUT2D eigenvalue weighted by molar-refractivity contribution is 0.875. The van der Waals surface area contributed by atoms with Crippen molar-refractivity contribution in [3.63, 3.8) is 0 Å². The first-order valence-electron chi connectivity index (χ1n) is 5.14. The van der Waals surface area contributed by atoms with E-state index in [1.54, 1.807) is 12.4 Å². The molecule has 4 N–H and O–H groups in total. The van der Waals surface area contributed by atoms with Crippen LogP contribution in [0.2, 0.25) is 0 Å². The zero-order valence-electron chi connectivity index (χ0n) is 9.36. The highest BCUT2D eigenvalue weighted by molar-refractivity contribution is 5.54. The summed E-state index contributed by atoms with van der Waals surface area (Å²) in [4.78, 5) is 4.27. The van der Waals surface area contributed by atoms with Crippen molar-refractivity contribution in [1.29, 1.82) is 0 Å². The molecule has 16 heavy (non-hydrogen) atoms. The summed E-state index contributed by atoms with van der Waals surface area (Å²) in [5.74, 6) is 0.775. The molecule has 0 aliphatic heterocycles. The monoisotopic (exact) mass is 217 g/mol. The molecular weight excluding hydrogens is 202 g/mol. The van der Waals surface area contributed by atoms with Gasteiger partial charge < -0.3 is 11.1 Å². The van der Waals surface area contributed by atoms with Crippen molar-refractivity contribution in [2.24, 2.45) is 0 Å². The number of H-pyrrole nitrogens is 1. The summed E-state index contributed by atoms with van der Waals surface area (Å²) in [5.41, 5.74) is 8.64. The van der Waals surface area contributed by atoms with Gasteiger partial charge in [-0.15, -0.1) is 0 Å². The maximum atomic E-state index is 5.82. The molecule has 0 bridgehead atoms. The van der Waals surface area contributed by atoms with Crippen molar-refractivity contribution in [3.05, 3.63) is 35.8 Å². The van der Waals surface area contributed by atoms with Crippen LogP contribution in [-0.4, -0.2) is 15.2 Å². The van der Waals surface area contributed by atoms with Crippen LogP contribution in [0.3, 0.4) is 0 Å². The average molecular weight is 217 g/mol. The van der Waals surface area contributed by atoms with Crippen molar-refractivity contribution in [1.82, 2.24) is 15.2 Å². The van der Waals surface area contributed by atoms with Gasteiger partial charge in [-0.2, -0.15) is 5.10 Å². The molecule has 0 aliphatic rings. The predicted octanol–water partition coefficient (Wildman–Crippen LogP) is 1.87. The zero-order valence-corrected chi connectivity index (χ0v) is 9.36. The second-order valence-electron chi connectivity index (χ2n) is 3.82. The summed E-state index contributed by atoms with van der Waals surface area (Å²) in [5, 5.41) is 9.95. The molecule has 5 nitrogen and oxygen atoms in total. The highest BCUT2D eigenvalue weighted by Crippen LogP contribution is 2.19. The molecule has 0 saturated heterocycles. The number of aryl methyl sites for hydroxylation is 1. The fourth-order valence-corrected chi connectivity index (χ4v) is 1.42. The van der Waals surface area contributed by atoms with Crippen LogP contribution in [-0.2, 0) is 0 Å². The number of hydrogen-bond acceptors (Lipinski definition) is 4. The third-order valence-corrected chi connectivity index (χ3v) is 2.53. The molecule has 0 fully saturated rings. The van der Waals surface area contributed by atoms with Crippen LogP contribution in [0.15, 0.2) is 24.7 Å². The Hall–Kier alpha value is -2.04. The van der Waals surface area contributed by atoms with E-state index in [1.165, 1.54) is 0 Å². The topological polar surface area (TPSA) is 79.6 Å². The molecule has 0 radical (unpaired) electrons. The van der Waals surface area contributed by atoms with Gasteiger partial charge in [-0.1, -0.05) is 0 Å². The number of pyridine rings is 1. The molecule has 2 aromatic heterocycles. The SMILES string of the molecule is Cc1cnc(NC(C)c2cn[nH]c2)cc1N. The smallest absolute Gasteiger partial charge is 0.128 e. The lowest BCUT2D eigenvalue weighted by Gasteiger charge is -2.13. The van der Waals surface area contributed by atoms with E-state index < -0.39 is 0 Å². The molecule has 84 valence electrons. The minimum Gasteiger partial charge on any atom is -0.398 e. The van der Waals surface area contributed by atoms with Crippen molar-refractivity contribution in [2.45, 2.75) is 19.9 Å². The quantitative estimate of drug-likeness (QED) is 0.733. The van der Waals surface area contributed by atoms with Gasteiger partial charge >= 0.3 is 0 Å². The minimum absolute atomic E-state index is 0.147.